The predicted molar refractivity (Wildman–Crippen MR) is 74.1 cm³/mol. The van der Waals surface area contributed by atoms with E-state index >= 15 is 0 Å². The maximum Gasteiger partial charge on any atom is 0.267 e. The van der Waals surface area contributed by atoms with Gasteiger partial charge in [-0.3, -0.25) is 0 Å². The monoisotopic (exact) mass is 279 g/mol. The van der Waals surface area contributed by atoms with Gasteiger partial charge in [-0.2, -0.15) is 0 Å². The van der Waals surface area contributed by atoms with Crippen LogP contribution < -0.4 is 4.74 Å². The second kappa shape index (κ2) is 5.09. The first kappa shape index (κ1) is 13.7. The third-order valence-electron chi connectivity index (χ3n) is 2.80. The molecule has 1 aromatic carbocycles. The van der Waals surface area contributed by atoms with E-state index in [0.717, 1.165) is 5.56 Å². The van der Waals surface area contributed by atoms with E-state index in [-0.39, 0.29) is 4.90 Å². The largest absolute Gasteiger partial charge is 0.494 e. The molecular formula is C14H17NO3S. The van der Waals surface area contributed by atoms with Crippen LogP contribution in [-0.2, 0) is 10.0 Å². The van der Waals surface area contributed by atoms with Crippen LogP contribution >= 0.6 is 0 Å². The summed E-state index contributed by atoms with van der Waals surface area (Å²) in [7, 11) is -3.52. The number of aromatic nitrogens is 1. The van der Waals surface area contributed by atoms with Gasteiger partial charge in [-0.05, 0) is 56.7 Å². The van der Waals surface area contributed by atoms with Gasteiger partial charge < -0.3 is 4.74 Å². The van der Waals surface area contributed by atoms with E-state index in [1.54, 1.807) is 37.4 Å². The summed E-state index contributed by atoms with van der Waals surface area (Å²) in [6, 6.07) is 8.31. The van der Waals surface area contributed by atoms with E-state index < -0.39 is 10.0 Å². The van der Waals surface area contributed by atoms with Crippen LogP contribution in [0.1, 0.15) is 18.2 Å². The lowest BCUT2D eigenvalue weighted by Gasteiger charge is -2.09. The van der Waals surface area contributed by atoms with Crippen LogP contribution in [0, 0.1) is 13.8 Å². The van der Waals surface area contributed by atoms with Crippen LogP contribution in [0.5, 0.6) is 5.75 Å². The van der Waals surface area contributed by atoms with Crippen LogP contribution in [-0.4, -0.2) is 19.0 Å². The number of ether oxygens (including phenoxy) is 1. The minimum Gasteiger partial charge on any atom is -0.494 e. The second-order valence-electron chi connectivity index (χ2n) is 4.36. The van der Waals surface area contributed by atoms with Crippen LogP contribution in [0.25, 0.3) is 0 Å². The standard InChI is InChI=1S/C14H17NO3S/c1-4-18-13-5-7-14(8-6-13)19(16,17)15-10-11(2)9-12(15)3/h5-10H,4H2,1-3H3. The Kier molecular flexibility index (Phi) is 3.66. The summed E-state index contributed by atoms with van der Waals surface area (Å²) >= 11 is 0. The van der Waals surface area contributed by atoms with Crippen molar-refractivity contribution in [3.8, 4) is 5.75 Å². The summed E-state index contributed by atoms with van der Waals surface area (Å²) in [4.78, 5) is 0.259. The third-order valence-corrected chi connectivity index (χ3v) is 4.58. The van der Waals surface area contributed by atoms with Crippen LogP contribution in [0.4, 0.5) is 0 Å². The highest BCUT2D eigenvalue weighted by molar-refractivity contribution is 7.90. The first-order valence-corrected chi connectivity index (χ1v) is 7.53. The van der Waals surface area contributed by atoms with Crippen molar-refractivity contribution in [1.82, 2.24) is 3.97 Å². The number of nitrogens with zero attached hydrogens (tertiary/aromatic N) is 1. The Morgan fingerprint density at radius 3 is 2.26 bits per heavy atom. The van der Waals surface area contributed by atoms with E-state index in [2.05, 4.69) is 0 Å². The molecular weight excluding hydrogens is 262 g/mol. The number of benzene rings is 1. The van der Waals surface area contributed by atoms with E-state index in [4.69, 9.17) is 4.74 Å². The molecule has 0 aliphatic heterocycles. The molecule has 0 N–H and O–H groups in total. The predicted octanol–water partition coefficient (Wildman–Crippen LogP) is 2.74. The molecule has 19 heavy (non-hydrogen) atoms. The van der Waals surface area contributed by atoms with Gasteiger partial charge in [-0.25, -0.2) is 12.4 Å². The highest BCUT2D eigenvalue weighted by atomic mass is 32.2. The quantitative estimate of drug-likeness (QED) is 0.864. The molecule has 0 aliphatic carbocycles. The lowest BCUT2D eigenvalue weighted by Crippen LogP contribution is -2.13. The van der Waals surface area contributed by atoms with Gasteiger partial charge in [0.2, 0.25) is 0 Å². The highest BCUT2D eigenvalue weighted by Gasteiger charge is 2.18. The molecule has 0 amide bonds. The zero-order valence-corrected chi connectivity index (χ0v) is 12.1. The molecule has 0 bridgehead atoms. The minimum absolute atomic E-state index is 0.259. The Morgan fingerprint density at radius 1 is 1.16 bits per heavy atom. The van der Waals surface area contributed by atoms with Crippen molar-refractivity contribution in [2.24, 2.45) is 0 Å². The van der Waals surface area contributed by atoms with E-state index in [0.29, 0.717) is 18.1 Å². The Hall–Kier alpha value is -1.75. The molecule has 0 aliphatic rings. The third kappa shape index (κ3) is 2.66. The van der Waals surface area contributed by atoms with Gasteiger partial charge in [0, 0.05) is 11.9 Å². The van der Waals surface area contributed by atoms with Gasteiger partial charge >= 0.3 is 0 Å². The summed E-state index contributed by atoms with van der Waals surface area (Å²) < 4.78 is 31.5. The molecule has 0 radical (unpaired) electrons. The fourth-order valence-electron chi connectivity index (χ4n) is 1.96. The Morgan fingerprint density at radius 2 is 1.79 bits per heavy atom. The summed E-state index contributed by atoms with van der Waals surface area (Å²) in [5, 5.41) is 0. The molecule has 4 nitrogen and oxygen atoms in total. The molecule has 0 saturated heterocycles. The smallest absolute Gasteiger partial charge is 0.267 e. The van der Waals surface area contributed by atoms with Gasteiger partial charge in [-0.1, -0.05) is 0 Å². The number of hydrogen-bond donors (Lipinski definition) is 0. The summed E-state index contributed by atoms with van der Waals surface area (Å²) in [5.74, 6) is 0.668. The summed E-state index contributed by atoms with van der Waals surface area (Å²) in [6.07, 6.45) is 1.63. The molecule has 1 heterocycles. The lowest BCUT2D eigenvalue weighted by molar-refractivity contribution is 0.340. The molecule has 102 valence electrons. The van der Waals surface area contributed by atoms with Crippen molar-refractivity contribution in [2.45, 2.75) is 25.7 Å². The van der Waals surface area contributed by atoms with Crippen LogP contribution in [0.3, 0.4) is 0 Å². The number of rotatable bonds is 4. The molecule has 2 rings (SSSR count). The van der Waals surface area contributed by atoms with Crippen molar-refractivity contribution in [3.63, 3.8) is 0 Å². The fraction of sp³-hybridized carbons (Fsp3) is 0.286. The minimum atomic E-state index is -3.52. The maximum atomic E-state index is 12.5. The van der Waals surface area contributed by atoms with Gasteiger partial charge in [0.15, 0.2) is 0 Å². The fourth-order valence-corrected chi connectivity index (χ4v) is 3.41. The molecule has 5 heteroatoms. The average Bonchev–Trinajstić information content (AvgIpc) is 2.70. The molecule has 2 aromatic rings. The number of hydrogen-bond acceptors (Lipinski definition) is 3. The lowest BCUT2D eigenvalue weighted by atomic mass is 10.3. The van der Waals surface area contributed by atoms with Gasteiger partial charge in [0.05, 0.1) is 11.5 Å². The second-order valence-corrected chi connectivity index (χ2v) is 6.18. The van der Waals surface area contributed by atoms with Crippen molar-refractivity contribution in [3.05, 3.63) is 47.8 Å². The highest BCUT2D eigenvalue weighted by Crippen LogP contribution is 2.20. The molecule has 0 fully saturated rings. The maximum absolute atomic E-state index is 12.5. The zero-order chi connectivity index (χ0) is 14.0. The molecule has 0 spiro atoms. The normalized spacial score (nSPS) is 11.5. The van der Waals surface area contributed by atoms with Crippen molar-refractivity contribution in [2.75, 3.05) is 6.61 Å². The molecule has 0 saturated carbocycles. The van der Waals surface area contributed by atoms with Crippen molar-refractivity contribution >= 4 is 10.0 Å². The topological polar surface area (TPSA) is 48.3 Å². The summed E-state index contributed by atoms with van der Waals surface area (Å²) in [5.41, 5.74) is 1.62. The molecule has 1 aromatic heterocycles. The van der Waals surface area contributed by atoms with Crippen molar-refractivity contribution < 1.29 is 13.2 Å². The molecule has 0 unspecified atom stereocenters. The number of aryl methyl sites for hydroxylation is 2. The van der Waals surface area contributed by atoms with Gasteiger partial charge in [0.25, 0.3) is 10.0 Å². The van der Waals surface area contributed by atoms with Gasteiger partial charge in [-0.15, -0.1) is 0 Å². The SMILES string of the molecule is CCOc1ccc(S(=O)(=O)n2cc(C)cc2C)cc1. The van der Waals surface area contributed by atoms with E-state index in [1.165, 1.54) is 3.97 Å². The van der Waals surface area contributed by atoms with E-state index in [1.807, 2.05) is 19.9 Å². The van der Waals surface area contributed by atoms with E-state index in [9.17, 15) is 8.42 Å². The van der Waals surface area contributed by atoms with Gasteiger partial charge in [0.1, 0.15) is 5.75 Å². The molecule has 0 atom stereocenters. The first-order chi connectivity index (χ1) is 8.95. The Balaban J connectivity index is 2.42. The summed E-state index contributed by atoms with van der Waals surface area (Å²) in [6.45, 7) is 6.09. The van der Waals surface area contributed by atoms with Crippen LogP contribution in [0.2, 0.25) is 0 Å². The van der Waals surface area contributed by atoms with Crippen molar-refractivity contribution in [1.29, 1.82) is 0 Å². The van der Waals surface area contributed by atoms with Crippen LogP contribution in [0.15, 0.2) is 41.4 Å². The Bertz CT molecular complexity index is 669. The average molecular weight is 279 g/mol. The zero-order valence-electron chi connectivity index (χ0n) is 11.3. The first-order valence-electron chi connectivity index (χ1n) is 6.09. The Labute approximate surface area is 113 Å².